The molecule has 0 fully saturated rings. The third kappa shape index (κ3) is 7.21. The van der Waals surface area contributed by atoms with Gasteiger partial charge in [-0.2, -0.15) is 0 Å². The minimum atomic E-state index is -0.912. The maximum Gasteiger partial charge on any atom is 0.303 e. The molecular formula is C31H45NO6S. The van der Waals surface area contributed by atoms with Gasteiger partial charge in [0.2, 0.25) is 0 Å². The number of thioether (sulfide) groups is 1. The molecule has 2 aromatic carbocycles. The number of nitrogens with zero attached hydrogens (tertiary/aromatic N) is 1. The summed E-state index contributed by atoms with van der Waals surface area (Å²) in [4.78, 5) is 13.4. The summed E-state index contributed by atoms with van der Waals surface area (Å²) >= 11 is 1.35. The van der Waals surface area contributed by atoms with Crippen molar-refractivity contribution in [3.05, 3.63) is 47.5 Å². The van der Waals surface area contributed by atoms with Crippen molar-refractivity contribution >= 4 is 23.4 Å². The molecule has 216 valence electrons. The number of rotatable bonds is 14. The van der Waals surface area contributed by atoms with E-state index in [9.17, 15) is 20.1 Å². The van der Waals surface area contributed by atoms with Crippen molar-refractivity contribution in [2.45, 2.75) is 94.0 Å². The molecule has 0 radical (unpaired) electrons. The predicted molar refractivity (Wildman–Crippen MR) is 157 cm³/mol. The number of carboxylic acids is 1. The van der Waals surface area contributed by atoms with E-state index >= 15 is 0 Å². The molecule has 39 heavy (non-hydrogen) atoms. The third-order valence-electron chi connectivity index (χ3n) is 7.87. The molecule has 0 aliphatic carbocycles. The molecule has 8 heteroatoms. The summed E-state index contributed by atoms with van der Waals surface area (Å²) in [5.74, 6) is -0.550. The van der Waals surface area contributed by atoms with Crippen LogP contribution in [-0.4, -0.2) is 58.6 Å². The Morgan fingerprint density at radius 1 is 0.974 bits per heavy atom. The van der Waals surface area contributed by atoms with Crippen LogP contribution >= 0.6 is 11.8 Å². The number of carboxylic acid groups (broad SMARTS) is 1. The second-order valence-corrected chi connectivity index (χ2v) is 12.0. The second-order valence-electron chi connectivity index (χ2n) is 10.8. The first-order valence-electron chi connectivity index (χ1n) is 14.2. The van der Waals surface area contributed by atoms with Gasteiger partial charge in [0, 0.05) is 42.3 Å². The lowest BCUT2D eigenvalue weighted by Crippen LogP contribution is -2.46. The number of phenols is 1. The lowest BCUT2D eigenvalue weighted by molar-refractivity contribution is -0.137. The number of hydrogen-bond donors (Lipinski definition) is 4. The fourth-order valence-corrected chi connectivity index (χ4v) is 6.93. The Morgan fingerprint density at radius 3 is 2.18 bits per heavy atom. The van der Waals surface area contributed by atoms with Crippen LogP contribution in [0.2, 0.25) is 0 Å². The van der Waals surface area contributed by atoms with Crippen molar-refractivity contribution in [1.29, 1.82) is 0 Å². The number of aliphatic carboxylic acids is 1. The van der Waals surface area contributed by atoms with Crippen molar-refractivity contribution in [3.63, 3.8) is 0 Å². The fourth-order valence-electron chi connectivity index (χ4n) is 5.58. The first kappa shape index (κ1) is 31.1. The number of benzene rings is 2. The molecule has 7 nitrogen and oxygen atoms in total. The number of phenolic OH excluding ortho intramolecular Hbond substituents is 1. The second kappa shape index (κ2) is 14.3. The van der Waals surface area contributed by atoms with Gasteiger partial charge in [-0.3, -0.25) is 4.79 Å². The minimum absolute atomic E-state index is 0.126. The van der Waals surface area contributed by atoms with Crippen LogP contribution in [0.25, 0.3) is 0 Å². The highest BCUT2D eigenvalue weighted by molar-refractivity contribution is 7.99. The zero-order valence-corrected chi connectivity index (χ0v) is 24.5. The summed E-state index contributed by atoms with van der Waals surface area (Å²) in [6, 6.07) is 11.4. The first-order valence-corrected chi connectivity index (χ1v) is 15.0. The Kier molecular flexibility index (Phi) is 11.4. The molecule has 0 bridgehead atoms. The Labute approximate surface area is 237 Å². The van der Waals surface area contributed by atoms with Crippen molar-refractivity contribution in [1.82, 2.24) is 0 Å². The maximum atomic E-state index is 12.3. The van der Waals surface area contributed by atoms with Gasteiger partial charge in [-0.1, -0.05) is 63.4 Å². The van der Waals surface area contributed by atoms with Crippen molar-refractivity contribution in [2.24, 2.45) is 5.41 Å². The number of fused-ring (bicyclic) bond motifs is 1. The number of unbranched alkanes of at least 4 members (excludes halogenated alkanes) is 3. The van der Waals surface area contributed by atoms with E-state index in [-0.39, 0.29) is 12.2 Å². The number of carbonyl (C=O) groups is 1. The lowest BCUT2D eigenvalue weighted by atomic mass is 9.67. The Bertz CT molecular complexity index is 1070. The van der Waals surface area contributed by atoms with E-state index in [0.717, 1.165) is 36.1 Å². The van der Waals surface area contributed by atoms with Gasteiger partial charge in [0.05, 0.1) is 18.4 Å². The monoisotopic (exact) mass is 559 g/mol. The summed E-state index contributed by atoms with van der Waals surface area (Å²) in [7, 11) is 3.75. The van der Waals surface area contributed by atoms with Gasteiger partial charge in [-0.05, 0) is 55.5 Å². The number of ether oxygens (including phenoxy) is 1. The smallest absolute Gasteiger partial charge is 0.303 e. The van der Waals surface area contributed by atoms with E-state index in [0.29, 0.717) is 49.3 Å². The number of hydrogen-bond acceptors (Lipinski definition) is 7. The van der Waals surface area contributed by atoms with E-state index in [4.69, 9.17) is 9.84 Å². The fraction of sp³-hybridized carbons (Fsp3) is 0.581. The molecular weight excluding hydrogens is 514 g/mol. The molecule has 4 N–H and O–H groups in total. The van der Waals surface area contributed by atoms with Gasteiger partial charge in [-0.15, -0.1) is 0 Å². The first-order chi connectivity index (χ1) is 18.7. The number of aromatic hydroxyl groups is 1. The zero-order valence-electron chi connectivity index (χ0n) is 23.7. The van der Waals surface area contributed by atoms with Crippen molar-refractivity contribution < 1.29 is 30.0 Å². The summed E-state index contributed by atoms with van der Waals surface area (Å²) in [5.41, 5.74) is 0.615. The van der Waals surface area contributed by atoms with Crippen LogP contribution in [0.15, 0.2) is 41.3 Å². The molecule has 0 saturated carbocycles. The van der Waals surface area contributed by atoms with Crippen LogP contribution in [-0.2, 0) is 4.79 Å². The SMILES string of the molecule is CCCCC1(CCCC)[C@H](O)[C@H](c2ccc(OCCCCC(=O)O)cc2)c2c(ccc(N(C)C)c2O)S[C@@H]1O. The van der Waals surface area contributed by atoms with E-state index < -0.39 is 28.8 Å². The van der Waals surface area contributed by atoms with Gasteiger partial charge >= 0.3 is 5.97 Å². The molecule has 3 atom stereocenters. The summed E-state index contributed by atoms with van der Waals surface area (Å²) < 4.78 is 5.83. The molecule has 0 spiro atoms. The molecule has 1 aliphatic heterocycles. The third-order valence-corrected chi connectivity index (χ3v) is 9.17. The number of aliphatic hydroxyl groups excluding tert-OH is 2. The van der Waals surface area contributed by atoms with E-state index in [1.54, 1.807) is 0 Å². The lowest BCUT2D eigenvalue weighted by Gasteiger charge is -2.43. The molecule has 0 unspecified atom stereocenters. The summed E-state index contributed by atoms with van der Waals surface area (Å²) in [6.45, 7) is 4.67. The van der Waals surface area contributed by atoms with Crippen LogP contribution in [0.1, 0.15) is 88.7 Å². The quantitative estimate of drug-likeness (QED) is 0.198. The van der Waals surface area contributed by atoms with Crippen molar-refractivity contribution in [2.75, 3.05) is 25.6 Å². The Morgan fingerprint density at radius 2 is 1.62 bits per heavy atom. The van der Waals surface area contributed by atoms with Crippen LogP contribution in [0.4, 0.5) is 5.69 Å². The number of anilines is 1. The van der Waals surface area contributed by atoms with Gasteiger partial charge in [0.15, 0.2) is 0 Å². The highest BCUT2D eigenvalue weighted by Gasteiger charge is 2.51. The minimum Gasteiger partial charge on any atom is -0.505 e. The van der Waals surface area contributed by atoms with Crippen LogP contribution in [0.3, 0.4) is 0 Å². The van der Waals surface area contributed by atoms with Gasteiger partial charge in [-0.25, -0.2) is 0 Å². The largest absolute Gasteiger partial charge is 0.505 e. The topological polar surface area (TPSA) is 110 Å². The maximum absolute atomic E-state index is 12.3. The highest BCUT2D eigenvalue weighted by Crippen LogP contribution is 2.57. The van der Waals surface area contributed by atoms with E-state index in [2.05, 4.69) is 13.8 Å². The zero-order chi connectivity index (χ0) is 28.6. The van der Waals surface area contributed by atoms with Gasteiger partial charge in [0.25, 0.3) is 0 Å². The molecule has 0 amide bonds. The molecule has 1 heterocycles. The summed E-state index contributed by atoms with van der Waals surface area (Å²) in [5, 5.41) is 44.3. The van der Waals surface area contributed by atoms with Crippen LogP contribution in [0.5, 0.6) is 11.5 Å². The molecule has 0 saturated heterocycles. The summed E-state index contributed by atoms with van der Waals surface area (Å²) in [6.07, 6.45) is 5.53. The predicted octanol–water partition coefficient (Wildman–Crippen LogP) is 6.38. The van der Waals surface area contributed by atoms with Crippen molar-refractivity contribution in [3.8, 4) is 11.5 Å². The Balaban J connectivity index is 2.05. The van der Waals surface area contributed by atoms with Crippen LogP contribution in [0, 0.1) is 5.41 Å². The highest BCUT2D eigenvalue weighted by atomic mass is 32.2. The van der Waals surface area contributed by atoms with Gasteiger partial charge in [0.1, 0.15) is 16.9 Å². The molecule has 2 aromatic rings. The van der Waals surface area contributed by atoms with Gasteiger partial charge < -0.3 is 30.1 Å². The standard InChI is InChI=1S/C31H45NO6S/c1-5-7-18-31(19-8-6-2)29(36)26(21-12-14-22(15-13-21)38-20-10-9-11-25(33)34)27-24(39-30(31)37)17-16-23(28(27)35)32(3)4/h12-17,26,29-30,35-37H,5-11,18-20H2,1-4H3,(H,33,34)/t26-,29-,30+/m1/s1. The molecule has 1 aliphatic rings. The van der Waals surface area contributed by atoms with E-state index in [1.807, 2.05) is 55.4 Å². The normalized spacial score (nSPS) is 20.2. The molecule has 0 aromatic heterocycles. The Hall–Kier alpha value is -2.42. The molecule has 3 rings (SSSR count). The average Bonchev–Trinajstić information content (AvgIpc) is 2.99. The average molecular weight is 560 g/mol. The number of aliphatic hydroxyl groups is 2. The van der Waals surface area contributed by atoms with E-state index in [1.165, 1.54) is 11.8 Å². The van der Waals surface area contributed by atoms with Crippen LogP contribution < -0.4 is 9.64 Å².